The Morgan fingerprint density at radius 3 is 2.32 bits per heavy atom. The minimum Gasteiger partial charge on any atom is -0.310 e. The second-order valence-corrected chi connectivity index (χ2v) is 7.28. The van der Waals surface area contributed by atoms with E-state index in [-0.39, 0.29) is 10.9 Å². The van der Waals surface area contributed by atoms with Crippen LogP contribution in [0.2, 0.25) is 0 Å². The van der Waals surface area contributed by atoms with E-state index in [1.54, 1.807) is 24.3 Å². The Hall–Kier alpha value is -0.560. The third-order valence-corrected chi connectivity index (χ3v) is 4.76. The summed E-state index contributed by atoms with van der Waals surface area (Å²) in [6.07, 6.45) is 2.10. The van der Waals surface area contributed by atoms with Gasteiger partial charge in [0, 0.05) is 6.04 Å². The van der Waals surface area contributed by atoms with Crippen LogP contribution in [0, 0.1) is 5.92 Å². The lowest BCUT2D eigenvalue weighted by Crippen LogP contribution is -2.25. The van der Waals surface area contributed by atoms with Crippen molar-refractivity contribution in [3.8, 4) is 0 Å². The van der Waals surface area contributed by atoms with E-state index in [1.807, 2.05) is 11.8 Å². The van der Waals surface area contributed by atoms with Crippen LogP contribution in [0.3, 0.4) is 0 Å². The zero-order valence-electron chi connectivity index (χ0n) is 11.6. The Balaban J connectivity index is 2.61. The van der Waals surface area contributed by atoms with E-state index in [4.69, 9.17) is 5.14 Å². The lowest BCUT2D eigenvalue weighted by molar-refractivity contribution is 0.501. The van der Waals surface area contributed by atoms with Gasteiger partial charge in [-0.2, -0.15) is 11.8 Å². The summed E-state index contributed by atoms with van der Waals surface area (Å²) in [5, 5.41) is 8.52. The van der Waals surface area contributed by atoms with Gasteiger partial charge < -0.3 is 5.32 Å². The molecule has 1 rings (SSSR count). The molecule has 2 unspecified atom stereocenters. The molecule has 4 nitrogen and oxygen atoms in total. The fourth-order valence-corrected chi connectivity index (χ4v) is 2.99. The van der Waals surface area contributed by atoms with Crippen LogP contribution in [0.4, 0.5) is 0 Å². The molecule has 0 radical (unpaired) electrons. The third-order valence-electron chi connectivity index (χ3n) is 2.93. The van der Waals surface area contributed by atoms with E-state index in [1.165, 1.54) is 0 Å². The topological polar surface area (TPSA) is 72.2 Å². The second kappa shape index (κ2) is 7.28. The van der Waals surface area contributed by atoms with E-state index < -0.39 is 10.0 Å². The number of thioether (sulfide) groups is 1. The van der Waals surface area contributed by atoms with Crippen LogP contribution in [0.1, 0.15) is 25.5 Å². The zero-order valence-corrected chi connectivity index (χ0v) is 13.2. The molecule has 0 aromatic heterocycles. The van der Waals surface area contributed by atoms with Gasteiger partial charge in [-0.05, 0) is 49.1 Å². The van der Waals surface area contributed by atoms with Gasteiger partial charge in [0.1, 0.15) is 0 Å². The van der Waals surface area contributed by atoms with Crippen molar-refractivity contribution < 1.29 is 8.42 Å². The van der Waals surface area contributed by atoms with Gasteiger partial charge in [-0.1, -0.05) is 19.1 Å². The highest BCUT2D eigenvalue weighted by atomic mass is 32.2. The fourth-order valence-electron chi connectivity index (χ4n) is 1.79. The smallest absolute Gasteiger partial charge is 0.238 e. The number of nitrogens with two attached hydrogens (primary N) is 1. The zero-order chi connectivity index (χ0) is 14.5. The molecule has 1 aromatic carbocycles. The molecule has 0 bridgehead atoms. The van der Waals surface area contributed by atoms with Crippen molar-refractivity contribution in [2.75, 3.05) is 18.6 Å². The third kappa shape index (κ3) is 5.52. The average Bonchev–Trinajstić information content (AvgIpc) is 2.35. The van der Waals surface area contributed by atoms with Crippen molar-refractivity contribution >= 4 is 21.8 Å². The van der Waals surface area contributed by atoms with Crippen LogP contribution >= 0.6 is 11.8 Å². The molecule has 0 spiro atoms. The van der Waals surface area contributed by atoms with E-state index >= 15 is 0 Å². The summed E-state index contributed by atoms with van der Waals surface area (Å²) >= 11 is 1.84. The van der Waals surface area contributed by atoms with Crippen LogP contribution < -0.4 is 10.5 Å². The molecule has 0 fully saturated rings. The Morgan fingerprint density at radius 1 is 1.26 bits per heavy atom. The van der Waals surface area contributed by atoms with Crippen LogP contribution in [-0.4, -0.2) is 27.0 Å². The predicted molar refractivity (Wildman–Crippen MR) is 81.8 cm³/mol. The van der Waals surface area contributed by atoms with Crippen LogP contribution in [-0.2, 0) is 10.0 Å². The van der Waals surface area contributed by atoms with Crippen LogP contribution in [0.5, 0.6) is 0 Å². The summed E-state index contributed by atoms with van der Waals surface area (Å²) in [5.41, 5.74) is 1.06. The van der Waals surface area contributed by atoms with Crippen molar-refractivity contribution in [1.29, 1.82) is 0 Å². The lowest BCUT2D eigenvalue weighted by atomic mass is 10.1. The molecular weight excluding hydrogens is 280 g/mol. The average molecular weight is 302 g/mol. The first-order valence-corrected chi connectivity index (χ1v) is 9.13. The first-order valence-electron chi connectivity index (χ1n) is 6.19. The fraction of sp³-hybridized carbons (Fsp3) is 0.538. The summed E-state index contributed by atoms with van der Waals surface area (Å²) < 4.78 is 22.3. The summed E-state index contributed by atoms with van der Waals surface area (Å²) in [5.74, 6) is 1.74. The number of hydrogen-bond acceptors (Lipinski definition) is 4. The summed E-state index contributed by atoms with van der Waals surface area (Å²) in [6, 6.07) is 6.90. The molecule has 6 heteroatoms. The van der Waals surface area contributed by atoms with E-state index in [0.29, 0.717) is 5.92 Å². The maximum Gasteiger partial charge on any atom is 0.238 e. The minimum atomic E-state index is -3.60. The Labute approximate surface area is 120 Å². The molecule has 2 atom stereocenters. The summed E-state index contributed by atoms with van der Waals surface area (Å²) in [6.45, 7) is 5.22. The van der Waals surface area contributed by atoms with E-state index in [0.717, 1.165) is 17.9 Å². The van der Waals surface area contributed by atoms with E-state index in [9.17, 15) is 8.42 Å². The Kier molecular flexibility index (Phi) is 6.32. The Morgan fingerprint density at radius 2 is 1.84 bits per heavy atom. The molecule has 3 N–H and O–H groups in total. The highest BCUT2D eigenvalue weighted by Crippen LogP contribution is 2.16. The van der Waals surface area contributed by atoms with Gasteiger partial charge in [0.2, 0.25) is 10.0 Å². The van der Waals surface area contributed by atoms with Gasteiger partial charge in [0.25, 0.3) is 0 Å². The minimum absolute atomic E-state index is 0.152. The molecule has 0 aliphatic heterocycles. The molecule has 108 valence electrons. The standard InChI is InChI=1S/C13H22N2O2S2/c1-10(9-18-3)8-15-11(2)12-4-6-13(7-5-12)19(14,16)17/h4-7,10-11,15H,8-9H2,1-3H3,(H2,14,16,17). The number of primary sulfonamides is 1. The first-order chi connectivity index (χ1) is 8.84. The molecule has 1 aromatic rings. The monoisotopic (exact) mass is 302 g/mol. The number of hydrogen-bond donors (Lipinski definition) is 2. The van der Waals surface area contributed by atoms with Crippen molar-refractivity contribution in [3.05, 3.63) is 29.8 Å². The quantitative estimate of drug-likeness (QED) is 0.808. The highest BCUT2D eigenvalue weighted by molar-refractivity contribution is 7.98. The van der Waals surface area contributed by atoms with Crippen molar-refractivity contribution in [2.45, 2.75) is 24.8 Å². The molecule has 0 amide bonds. The highest BCUT2D eigenvalue weighted by Gasteiger charge is 2.10. The van der Waals surface area contributed by atoms with Crippen LogP contribution in [0.25, 0.3) is 0 Å². The van der Waals surface area contributed by atoms with Gasteiger partial charge in [0.15, 0.2) is 0 Å². The SMILES string of the molecule is CSCC(C)CNC(C)c1ccc(S(N)(=O)=O)cc1. The molecule has 0 heterocycles. The van der Waals surface area contributed by atoms with Crippen molar-refractivity contribution in [3.63, 3.8) is 0 Å². The van der Waals surface area contributed by atoms with Crippen molar-refractivity contribution in [2.24, 2.45) is 11.1 Å². The molecule has 0 aliphatic carbocycles. The number of sulfonamides is 1. The van der Waals surface area contributed by atoms with Crippen molar-refractivity contribution in [1.82, 2.24) is 5.32 Å². The summed E-state index contributed by atoms with van der Waals surface area (Å²) in [4.78, 5) is 0.152. The van der Waals surface area contributed by atoms with E-state index in [2.05, 4.69) is 25.4 Å². The molecule has 0 saturated heterocycles. The van der Waals surface area contributed by atoms with Gasteiger partial charge in [-0.25, -0.2) is 13.6 Å². The summed E-state index contributed by atoms with van der Waals surface area (Å²) in [7, 11) is -3.60. The maximum absolute atomic E-state index is 11.2. The molecule has 0 saturated carbocycles. The number of nitrogens with one attached hydrogen (secondary N) is 1. The van der Waals surface area contributed by atoms with Gasteiger partial charge in [-0.15, -0.1) is 0 Å². The van der Waals surface area contributed by atoms with Gasteiger partial charge in [0.05, 0.1) is 4.90 Å². The normalized spacial score (nSPS) is 15.2. The lowest BCUT2D eigenvalue weighted by Gasteiger charge is -2.17. The number of rotatable bonds is 7. The maximum atomic E-state index is 11.2. The molecule has 19 heavy (non-hydrogen) atoms. The van der Waals surface area contributed by atoms with Gasteiger partial charge >= 0.3 is 0 Å². The molecule has 0 aliphatic rings. The van der Waals surface area contributed by atoms with Crippen LogP contribution in [0.15, 0.2) is 29.2 Å². The largest absolute Gasteiger partial charge is 0.310 e. The Bertz CT molecular complexity index is 486. The molecular formula is C13H22N2O2S2. The first kappa shape index (κ1) is 16.5. The second-order valence-electron chi connectivity index (χ2n) is 4.80. The number of benzene rings is 1. The van der Waals surface area contributed by atoms with Gasteiger partial charge in [-0.3, -0.25) is 0 Å². The predicted octanol–water partition coefficient (Wildman–Crippen LogP) is 1.98.